The summed E-state index contributed by atoms with van der Waals surface area (Å²) in [5.41, 5.74) is 0.640. The first-order chi connectivity index (χ1) is 7.13. The van der Waals surface area contributed by atoms with Gasteiger partial charge in [-0.25, -0.2) is 4.39 Å². The van der Waals surface area contributed by atoms with Gasteiger partial charge in [-0.2, -0.15) is 0 Å². The number of benzene rings is 1. The molecule has 4 heteroatoms. The minimum absolute atomic E-state index is 0.0786. The Balaban J connectivity index is 2.50. The fourth-order valence-corrected chi connectivity index (χ4v) is 1.69. The standard InChI is InChI=1S/C11H13Cl2FO/c1-15-7-10(13)5-3-8-2-4-9(12)6-11(8)14/h2,4,6,10H,3,5,7H2,1H3. The minimum atomic E-state index is -0.274. The molecular weight excluding hydrogens is 238 g/mol. The molecule has 1 aromatic carbocycles. The van der Waals surface area contributed by atoms with E-state index >= 15 is 0 Å². The van der Waals surface area contributed by atoms with E-state index in [4.69, 9.17) is 27.9 Å². The van der Waals surface area contributed by atoms with E-state index in [1.807, 2.05) is 0 Å². The summed E-state index contributed by atoms with van der Waals surface area (Å²) in [5.74, 6) is -0.274. The van der Waals surface area contributed by atoms with Crippen molar-refractivity contribution in [2.24, 2.45) is 0 Å². The number of methoxy groups -OCH3 is 1. The number of hydrogen-bond donors (Lipinski definition) is 0. The summed E-state index contributed by atoms with van der Waals surface area (Å²) in [4.78, 5) is 0. The van der Waals surface area contributed by atoms with Gasteiger partial charge in [-0.15, -0.1) is 11.6 Å². The number of aryl methyl sites for hydroxylation is 1. The van der Waals surface area contributed by atoms with Crippen LogP contribution in [0.1, 0.15) is 12.0 Å². The summed E-state index contributed by atoms with van der Waals surface area (Å²) in [5, 5.41) is 0.334. The summed E-state index contributed by atoms with van der Waals surface area (Å²) in [7, 11) is 1.60. The van der Waals surface area contributed by atoms with Gasteiger partial charge in [0, 0.05) is 12.1 Å². The minimum Gasteiger partial charge on any atom is -0.383 e. The molecule has 0 N–H and O–H groups in total. The van der Waals surface area contributed by atoms with Crippen LogP contribution in [-0.2, 0) is 11.2 Å². The van der Waals surface area contributed by atoms with Crippen LogP contribution in [0.5, 0.6) is 0 Å². The molecule has 1 rings (SSSR count). The third-order valence-corrected chi connectivity index (χ3v) is 2.67. The highest BCUT2D eigenvalue weighted by Gasteiger charge is 2.07. The molecule has 0 heterocycles. The van der Waals surface area contributed by atoms with Gasteiger partial charge in [0.1, 0.15) is 5.82 Å². The molecule has 0 aromatic heterocycles. The Labute approximate surface area is 99.1 Å². The molecule has 0 bridgehead atoms. The molecule has 15 heavy (non-hydrogen) atoms. The number of alkyl halides is 1. The van der Waals surface area contributed by atoms with Crippen LogP contribution in [-0.4, -0.2) is 19.1 Å². The monoisotopic (exact) mass is 250 g/mol. The van der Waals surface area contributed by atoms with Gasteiger partial charge >= 0.3 is 0 Å². The highest BCUT2D eigenvalue weighted by Crippen LogP contribution is 2.17. The third-order valence-electron chi connectivity index (χ3n) is 2.09. The maximum Gasteiger partial charge on any atom is 0.127 e. The zero-order chi connectivity index (χ0) is 11.3. The van der Waals surface area contributed by atoms with Gasteiger partial charge in [-0.3, -0.25) is 0 Å². The van der Waals surface area contributed by atoms with Crippen LogP contribution in [0.4, 0.5) is 4.39 Å². The molecule has 0 amide bonds. The number of hydrogen-bond acceptors (Lipinski definition) is 1. The van der Waals surface area contributed by atoms with Crippen molar-refractivity contribution in [1.29, 1.82) is 0 Å². The lowest BCUT2D eigenvalue weighted by atomic mass is 10.1. The predicted octanol–water partition coefficient (Wildman–Crippen LogP) is 3.67. The van der Waals surface area contributed by atoms with E-state index < -0.39 is 0 Å². The van der Waals surface area contributed by atoms with E-state index in [1.165, 1.54) is 6.07 Å². The molecule has 0 radical (unpaired) electrons. The molecule has 0 spiro atoms. The zero-order valence-corrected chi connectivity index (χ0v) is 9.98. The summed E-state index contributed by atoms with van der Waals surface area (Å²) in [6.07, 6.45) is 1.29. The first kappa shape index (κ1) is 12.8. The smallest absolute Gasteiger partial charge is 0.127 e. The summed E-state index contributed by atoms with van der Waals surface area (Å²) >= 11 is 11.6. The average molecular weight is 251 g/mol. The van der Waals surface area contributed by atoms with E-state index in [2.05, 4.69) is 0 Å². The van der Waals surface area contributed by atoms with E-state index in [-0.39, 0.29) is 11.2 Å². The zero-order valence-electron chi connectivity index (χ0n) is 8.47. The van der Waals surface area contributed by atoms with Crippen LogP contribution in [0.15, 0.2) is 18.2 Å². The van der Waals surface area contributed by atoms with Crippen molar-refractivity contribution < 1.29 is 9.13 Å². The molecule has 1 nitrogen and oxygen atoms in total. The lowest BCUT2D eigenvalue weighted by Crippen LogP contribution is -2.08. The van der Waals surface area contributed by atoms with Crippen LogP contribution in [0.2, 0.25) is 5.02 Å². The SMILES string of the molecule is COCC(Cl)CCc1ccc(Cl)cc1F. The van der Waals surface area contributed by atoms with E-state index in [9.17, 15) is 4.39 Å². The number of ether oxygens (including phenoxy) is 1. The Morgan fingerprint density at radius 2 is 2.20 bits per heavy atom. The first-order valence-electron chi connectivity index (χ1n) is 4.70. The topological polar surface area (TPSA) is 9.23 Å². The quantitative estimate of drug-likeness (QED) is 0.725. The Kier molecular flexibility index (Phi) is 5.37. The van der Waals surface area contributed by atoms with Crippen molar-refractivity contribution in [2.75, 3.05) is 13.7 Å². The van der Waals surface area contributed by atoms with Gasteiger partial charge in [0.15, 0.2) is 0 Å². The molecule has 0 saturated carbocycles. The first-order valence-corrected chi connectivity index (χ1v) is 5.52. The van der Waals surface area contributed by atoms with Crippen molar-refractivity contribution in [3.05, 3.63) is 34.6 Å². The molecule has 0 aliphatic carbocycles. The fraction of sp³-hybridized carbons (Fsp3) is 0.455. The normalized spacial score (nSPS) is 12.8. The average Bonchev–Trinajstić information content (AvgIpc) is 2.17. The van der Waals surface area contributed by atoms with Crippen molar-refractivity contribution >= 4 is 23.2 Å². The molecule has 1 unspecified atom stereocenters. The molecule has 84 valence electrons. The van der Waals surface area contributed by atoms with Gasteiger partial charge in [0.25, 0.3) is 0 Å². The second-order valence-corrected chi connectivity index (χ2v) is 4.38. The largest absolute Gasteiger partial charge is 0.383 e. The van der Waals surface area contributed by atoms with E-state index in [1.54, 1.807) is 19.2 Å². The van der Waals surface area contributed by atoms with E-state index in [0.29, 0.717) is 30.0 Å². The molecule has 0 saturated heterocycles. The fourth-order valence-electron chi connectivity index (χ4n) is 1.30. The molecule has 1 atom stereocenters. The number of rotatable bonds is 5. The maximum absolute atomic E-state index is 13.3. The van der Waals surface area contributed by atoms with Crippen LogP contribution < -0.4 is 0 Å². The van der Waals surface area contributed by atoms with Gasteiger partial charge < -0.3 is 4.74 Å². The molecule has 1 aromatic rings. The second-order valence-electron chi connectivity index (χ2n) is 3.33. The highest BCUT2D eigenvalue weighted by molar-refractivity contribution is 6.30. The molecule has 0 aliphatic heterocycles. The van der Waals surface area contributed by atoms with Gasteiger partial charge in [0.2, 0.25) is 0 Å². The van der Waals surface area contributed by atoms with Crippen LogP contribution in [0.3, 0.4) is 0 Å². The Hall–Kier alpha value is -0.310. The van der Waals surface area contributed by atoms with Crippen LogP contribution >= 0.6 is 23.2 Å². The van der Waals surface area contributed by atoms with Gasteiger partial charge in [-0.05, 0) is 30.5 Å². The van der Waals surface area contributed by atoms with Crippen molar-refractivity contribution in [2.45, 2.75) is 18.2 Å². The molecule has 0 fully saturated rings. The van der Waals surface area contributed by atoms with Gasteiger partial charge in [0.05, 0.1) is 12.0 Å². The van der Waals surface area contributed by atoms with Crippen molar-refractivity contribution in [1.82, 2.24) is 0 Å². The Morgan fingerprint density at radius 3 is 2.80 bits per heavy atom. The van der Waals surface area contributed by atoms with Crippen molar-refractivity contribution in [3.8, 4) is 0 Å². The van der Waals surface area contributed by atoms with E-state index in [0.717, 1.165) is 0 Å². The lowest BCUT2D eigenvalue weighted by Gasteiger charge is -2.08. The van der Waals surface area contributed by atoms with Crippen LogP contribution in [0.25, 0.3) is 0 Å². The molecule has 0 aliphatic rings. The third kappa shape index (κ3) is 4.37. The highest BCUT2D eigenvalue weighted by atomic mass is 35.5. The van der Waals surface area contributed by atoms with Crippen molar-refractivity contribution in [3.63, 3.8) is 0 Å². The Morgan fingerprint density at radius 1 is 1.47 bits per heavy atom. The summed E-state index contributed by atoms with van der Waals surface area (Å²) < 4.78 is 18.2. The summed E-state index contributed by atoms with van der Waals surface area (Å²) in [6.45, 7) is 0.483. The Bertz CT molecular complexity index is 317. The second kappa shape index (κ2) is 6.31. The van der Waals surface area contributed by atoms with Crippen LogP contribution in [0, 0.1) is 5.82 Å². The number of halogens is 3. The maximum atomic E-state index is 13.3. The van der Waals surface area contributed by atoms with Gasteiger partial charge in [-0.1, -0.05) is 17.7 Å². The summed E-state index contributed by atoms with van der Waals surface area (Å²) in [6, 6.07) is 4.68. The lowest BCUT2D eigenvalue weighted by molar-refractivity contribution is 0.195. The predicted molar refractivity (Wildman–Crippen MR) is 61.2 cm³/mol. The molecular formula is C11H13Cl2FO.